The number of aryl methyl sites for hydroxylation is 1. The van der Waals surface area contributed by atoms with Crippen LogP contribution in [0.5, 0.6) is 5.75 Å². The Kier molecular flexibility index (Phi) is 7.17. The highest BCUT2D eigenvalue weighted by Gasteiger charge is 2.31. The average Bonchev–Trinajstić information content (AvgIpc) is 2.64. The Morgan fingerprint density at radius 2 is 2.04 bits per heavy atom. The maximum atomic E-state index is 10.5. The lowest BCUT2D eigenvalue weighted by Gasteiger charge is -2.40. The largest absolute Gasteiger partial charge is 0.491 e. The van der Waals surface area contributed by atoms with Gasteiger partial charge in [0.1, 0.15) is 18.5 Å². The molecule has 1 N–H and O–H groups in total. The first kappa shape index (κ1) is 20.6. The molecule has 1 aliphatic heterocycles. The van der Waals surface area contributed by atoms with Gasteiger partial charge in [0.05, 0.1) is 12.7 Å². The Labute approximate surface area is 174 Å². The van der Waals surface area contributed by atoms with Crippen LogP contribution in [-0.4, -0.2) is 48.5 Å². The van der Waals surface area contributed by atoms with E-state index in [2.05, 4.69) is 39.9 Å². The van der Waals surface area contributed by atoms with E-state index in [9.17, 15) is 5.11 Å². The van der Waals surface area contributed by atoms with Gasteiger partial charge in [0.2, 0.25) is 0 Å². The lowest BCUT2D eigenvalue weighted by Crippen LogP contribution is -2.49. The minimum Gasteiger partial charge on any atom is -0.491 e. The third kappa shape index (κ3) is 5.46. The zero-order chi connectivity index (χ0) is 19.4. The Morgan fingerprint density at radius 3 is 2.74 bits per heavy atom. The van der Waals surface area contributed by atoms with Gasteiger partial charge in [-0.2, -0.15) is 0 Å². The lowest BCUT2D eigenvalue weighted by molar-refractivity contribution is -0.0804. The molecule has 0 aliphatic carbocycles. The topological polar surface area (TPSA) is 41.9 Å². The van der Waals surface area contributed by atoms with Crippen molar-refractivity contribution in [3.05, 3.63) is 63.1 Å². The van der Waals surface area contributed by atoms with Gasteiger partial charge in [-0.05, 0) is 55.3 Å². The van der Waals surface area contributed by atoms with E-state index >= 15 is 0 Å². The molecule has 2 aromatic rings. The highest BCUT2D eigenvalue weighted by atomic mass is 79.9. The van der Waals surface area contributed by atoms with Crippen LogP contribution in [0.3, 0.4) is 0 Å². The number of β-amino-alcohol motifs (C(OH)–C–C–N with tert-alkyl or cyclic N) is 1. The summed E-state index contributed by atoms with van der Waals surface area (Å²) in [7, 11) is 0. The fraction of sp³-hybridized carbons (Fsp3) is 0.429. The van der Waals surface area contributed by atoms with E-state index in [4.69, 9.17) is 21.1 Å². The second-order valence-electron chi connectivity index (χ2n) is 6.95. The highest BCUT2D eigenvalue weighted by molar-refractivity contribution is 9.10. The smallest absolute Gasteiger partial charge is 0.122 e. The quantitative estimate of drug-likeness (QED) is 0.692. The molecule has 3 unspecified atom stereocenters. The Morgan fingerprint density at radius 1 is 1.30 bits per heavy atom. The van der Waals surface area contributed by atoms with E-state index in [1.54, 1.807) is 6.07 Å². The van der Waals surface area contributed by atoms with Gasteiger partial charge in [-0.15, -0.1) is 0 Å². The zero-order valence-corrected chi connectivity index (χ0v) is 17.9. The van der Waals surface area contributed by atoms with Crippen molar-refractivity contribution in [3.8, 4) is 5.75 Å². The van der Waals surface area contributed by atoms with Crippen molar-refractivity contribution < 1.29 is 14.6 Å². The van der Waals surface area contributed by atoms with Crippen LogP contribution in [-0.2, 0) is 4.74 Å². The average molecular weight is 455 g/mol. The van der Waals surface area contributed by atoms with Crippen LogP contribution >= 0.6 is 27.5 Å². The number of nitrogens with zero attached hydrogens (tertiary/aromatic N) is 1. The van der Waals surface area contributed by atoms with Crippen LogP contribution in [0.15, 0.2) is 46.9 Å². The maximum Gasteiger partial charge on any atom is 0.122 e. The second-order valence-corrected chi connectivity index (χ2v) is 8.31. The molecule has 4 nitrogen and oxygen atoms in total. The number of rotatable bonds is 6. The molecular weight excluding hydrogens is 430 g/mol. The van der Waals surface area contributed by atoms with E-state index in [0.717, 1.165) is 27.9 Å². The number of aliphatic hydroxyl groups is 1. The van der Waals surface area contributed by atoms with Crippen LogP contribution in [0.4, 0.5) is 0 Å². The van der Waals surface area contributed by atoms with E-state index in [1.165, 1.54) is 0 Å². The highest BCUT2D eigenvalue weighted by Crippen LogP contribution is 2.29. The molecule has 1 saturated heterocycles. The number of aliphatic hydroxyl groups excluding tert-OH is 1. The van der Waals surface area contributed by atoms with E-state index in [0.29, 0.717) is 18.2 Å². The third-order valence-corrected chi connectivity index (χ3v) is 5.67. The van der Waals surface area contributed by atoms with Gasteiger partial charge in [0.25, 0.3) is 0 Å². The normalized spacial score (nSPS) is 21.8. The minimum absolute atomic E-state index is 0.00141. The van der Waals surface area contributed by atoms with Crippen LogP contribution in [0, 0.1) is 6.92 Å². The molecule has 146 valence electrons. The van der Waals surface area contributed by atoms with Gasteiger partial charge >= 0.3 is 0 Å². The summed E-state index contributed by atoms with van der Waals surface area (Å²) >= 11 is 9.44. The van der Waals surface area contributed by atoms with Crippen molar-refractivity contribution >= 4 is 27.5 Å². The summed E-state index contributed by atoms with van der Waals surface area (Å²) in [6.07, 6.45) is -0.579. The first-order chi connectivity index (χ1) is 12.9. The molecule has 0 amide bonds. The fourth-order valence-corrected chi connectivity index (χ4v) is 3.89. The van der Waals surface area contributed by atoms with Crippen molar-refractivity contribution in [2.24, 2.45) is 0 Å². The van der Waals surface area contributed by atoms with Gasteiger partial charge in [0, 0.05) is 28.6 Å². The molecule has 0 spiro atoms. The van der Waals surface area contributed by atoms with E-state index < -0.39 is 6.10 Å². The Hall–Kier alpha value is -1.11. The predicted molar refractivity (Wildman–Crippen MR) is 112 cm³/mol. The van der Waals surface area contributed by atoms with Crippen LogP contribution < -0.4 is 4.74 Å². The number of hydrogen-bond acceptors (Lipinski definition) is 4. The molecular formula is C21H25BrClNO3. The maximum absolute atomic E-state index is 10.5. The van der Waals surface area contributed by atoms with Crippen LogP contribution in [0.1, 0.15) is 24.2 Å². The molecule has 1 aliphatic rings. The van der Waals surface area contributed by atoms with Gasteiger partial charge in [0.15, 0.2) is 0 Å². The molecule has 6 heteroatoms. The first-order valence-corrected chi connectivity index (χ1v) is 10.3. The molecule has 1 heterocycles. The van der Waals surface area contributed by atoms with E-state index in [-0.39, 0.29) is 18.8 Å². The van der Waals surface area contributed by atoms with Crippen molar-refractivity contribution in [1.29, 1.82) is 0 Å². The predicted octanol–water partition coefficient (Wildman–Crippen LogP) is 4.61. The molecule has 0 aromatic heterocycles. The molecule has 27 heavy (non-hydrogen) atoms. The van der Waals surface area contributed by atoms with Gasteiger partial charge in [-0.1, -0.05) is 39.7 Å². The summed E-state index contributed by atoms with van der Waals surface area (Å²) < 4.78 is 12.8. The van der Waals surface area contributed by atoms with Crippen molar-refractivity contribution in [2.45, 2.75) is 32.1 Å². The summed E-state index contributed by atoms with van der Waals surface area (Å²) in [6.45, 7) is 6.32. The molecule has 1 fully saturated rings. The Balaban J connectivity index is 1.56. The van der Waals surface area contributed by atoms with Crippen molar-refractivity contribution in [1.82, 2.24) is 4.90 Å². The Bertz CT molecular complexity index is 756. The summed E-state index contributed by atoms with van der Waals surface area (Å²) in [4.78, 5) is 2.26. The second kappa shape index (κ2) is 9.39. The molecule has 0 saturated carbocycles. The van der Waals surface area contributed by atoms with Gasteiger partial charge in [-0.25, -0.2) is 0 Å². The van der Waals surface area contributed by atoms with Crippen molar-refractivity contribution in [2.75, 3.05) is 26.3 Å². The number of halogens is 2. The van der Waals surface area contributed by atoms with Crippen LogP contribution in [0.2, 0.25) is 5.02 Å². The fourth-order valence-electron chi connectivity index (χ4n) is 3.40. The van der Waals surface area contributed by atoms with E-state index in [1.807, 2.05) is 31.2 Å². The third-order valence-electron chi connectivity index (χ3n) is 4.90. The number of benzene rings is 2. The monoisotopic (exact) mass is 453 g/mol. The molecule has 3 atom stereocenters. The number of morpholine rings is 1. The van der Waals surface area contributed by atoms with Gasteiger partial charge < -0.3 is 14.6 Å². The summed E-state index contributed by atoms with van der Waals surface area (Å²) in [6, 6.07) is 13.9. The van der Waals surface area contributed by atoms with Crippen molar-refractivity contribution in [3.63, 3.8) is 0 Å². The van der Waals surface area contributed by atoms with Gasteiger partial charge in [-0.3, -0.25) is 4.90 Å². The SMILES string of the molecule is Cc1cc(Cl)ccc1OCC(O)CN1CCOC(c2ccc(Br)cc2)C1C. The molecule has 3 rings (SSSR count). The number of ether oxygens (including phenoxy) is 2. The summed E-state index contributed by atoms with van der Waals surface area (Å²) in [5.41, 5.74) is 2.11. The summed E-state index contributed by atoms with van der Waals surface area (Å²) in [5, 5.41) is 11.2. The molecule has 2 aromatic carbocycles. The summed E-state index contributed by atoms with van der Waals surface area (Å²) in [5.74, 6) is 0.751. The standard InChI is InChI=1S/C21H25BrClNO3/c1-14-11-18(23)7-8-20(14)27-13-19(25)12-24-9-10-26-21(15(24)2)16-3-5-17(22)6-4-16/h3-8,11,15,19,21,25H,9-10,12-13H2,1-2H3. The van der Waals surface area contributed by atoms with Crippen LogP contribution in [0.25, 0.3) is 0 Å². The minimum atomic E-state index is -0.578. The molecule has 0 radical (unpaired) electrons. The first-order valence-electron chi connectivity index (χ1n) is 9.12. The molecule has 0 bridgehead atoms. The number of hydrogen-bond donors (Lipinski definition) is 1. The lowest BCUT2D eigenvalue weighted by atomic mass is 10.0. The zero-order valence-electron chi connectivity index (χ0n) is 15.6.